The third-order valence-corrected chi connectivity index (χ3v) is 5.62. The molecule has 0 unspecified atom stereocenters. The van der Waals surface area contributed by atoms with Crippen LogP contribution in [-0.4, -0.2) is 17.4 Å². The van der Waals surface area contributed by atoms with Crippen LogP contribution >= 0.6 is 23.6 Å². The number of thiophene rings is 1. The summed E-state index contributed by atoms with van der Waals surface area (Å²) < 4.78 is 0. The molecule has 5 heteroatoms. The highest BCUT2D eigenvalue weighted by Gasteiger charge is 2.23. The number of hydrogen-bond acceptors (Lipinski definition) is 3. The fourth-order valence-electron chi connectivity index (χ4n) is 2.25. The number of fused-ring (bicyclic) bond motifs is 1. The van der Waals surface area contributed by atoms with Crippen molar-refractivity contribution in [3.8, 4) is 0 Å². The molecular formula is C15H22N2OS2. The molecule has 0 bridgehead atoms. The quantitative estimate of drug-likeness (QED) is 0.664. The topological polar surface area (TPSA) is 55.1 Å². The van der Waals surface area contributed by atoms with Crippen LogP contribution in [0.3, 0.4) is 0 Å². The van der Waals surface area contributed by atoms with Crippen molar-refractivity contribution < 1.29 is 4.79 Å². The summed E-state index contributed by atoms with van der Waals surface area (Å²) in [5.74, 6) is -0.00704. The molecule has 1 heterocycles. The molecule has 2 rings (SSSR count). The summed E-state index contributed by atoms with van der Waals surface area (Å²) in [5, 5.41) is 2.95. The molecule has 110 valence electrons. The second kappa shape index (κ2) is 6.22. The van der Waals surface area contributed by atoms with Gasteiger partial charge in [-0.15, -0.1) is 11.3 Å². The van der Waals surface area contributed by atoms with E-state index in [1.165, 1.54) is 29.7 Å². The molecule has 3 N–H and O–H groups in total. The highest BCUT2D eigenvalue weighted by atomic mass is 32.1. The lowest BCUT2D eigenvalue weighted by Crippen LogP contribution is -2.41. The van der Waals surface area contributed by atoms with Crippen LogP contribution in [0.25, 0.3) is 0 Å². The SMILES string of the molecule is CC(C)(CNC(=O)c1cc2c(s1)CCCCC2)C(N)=S. The number of nitrogens with two attached hydrogens (primary N) is 1. The van der Waals surface area contributed by atoms with Gasteiger partial charge in [0.15, 0.2) is 0 Å². The Morgan fingerprint density at radius 2 is 2.10 bits per heavy atom. The normalized spacial score (nSPS) is 15.3. The summed E-state index contributed by atoms with van der Waals surface area (Å²) in [6.07, 6.45) is 6.00. The lowest BCUT2D eigenvalue weighted by Gasteiger charge is -2.23. The van der Waals surface area contributed by atoms with Crippen molar-refractivity contribution in [1.82, 2.24) is 5.32 Å². The number of hydrogen-bond donors (Lipinski definition) is 2. The van der Waals surface area contributed by atoms with Crippen LogP contribution in [0.2, 0.25) is 0 Å². The highest BCUT2D eigenvalue weighted by Crippen LogP contribution is 2.29. The number of amides is 1. The summed E-state index contributed by atoms with van der Waals surface area (Å²) in [7, 11) is 0. The second-order valence-electron chi connectivity index (χ2n) is 6.05. The first-order valence-electron chi connectivity index (χ1n) is 7.10. The monoisotopic (exact) mass is 310 g/mol. The van der Waals surface area contributed by atoms with Crippen molar-refractivity contribution >= 4 is 34.5 Å². The van der Waals surface area contributed by atoms with Crippen LogP contribution in [0.4, 0.5) is 0 Å². The zero-order valence-corrected chi connectivity index (χ0v) is 13.8. The molecule has 0 saturated heterocycles. The minimum absolute atomic E-state index is 0.00704. The maximum absolute atomic E-state index is 12.2. The fourth-order valence-corrected chi connectivity index (χ4v) is 3.50. The van der Waals surface area contributed by atoms with Gasteiger partial charge in [0.2, 0.25) is 0 Å². The van der Waals surface area contributed by atoms with Crippen molar-refractivity contribution in [2.24, 2.45) is 11.1 Å². The van der Waals surface area contributed by atoms with Crippen LogP contribution in [0, 0.1) is 5.41 Å². The Morgan fingerprint density at radius 3 is 2.80 bits per heavy atom. The van der Waals surface area contributed by atoms with Gasteiger partial charge in [0.25, 0.3) is 5.91 Å². The molecule has 3 nitrogen and oxygen atoms in total. The Morgan fingerprint density at radius 1 is 1.40 bits per heavy atom. The average Bonchev–Trinajstić information content (AvgIpc) is 2.67. The van der Waals surface area contributed by atoms with Gasteiger partial charge in [-0.1, -0.05) is 32.5 Å². The molecule has 1 aromatic rings. The lowest BCUT2D eigenvalue weighted by molar-refractivity contribution is 0.0949. The van der Waals surface area contributed by atoms with Crippen LogP contribution in [0.5, 0.6) is 0 Å². The van der Waals surface area contributed by atoms with E-state index in [2.05, 4.69) is 11.4 Å². The van der Waals surface area contributed by atoms with E-state index in [0.717, 1.165) is 17.7 Å². The molecule has 20 heavy (non-hydrogen) atoms. The Kier molecular flexibility index (Phi) is 4.81. The highest BCUT2D eigenvalue weighted by molar-refractivity contribution is 7.80. The van der Waals surface area contributed by atoms with Gasteiger partial charge in [-0.2, -0.15) is 0 Å². The first kappa shape index (κ1) is 15.4. The van der Waals surface area contributed by atoms with E-state index in [-0.39, 0.29) is 11.3 Å². The van der Waals surface area contributed by atoms with Crippen molar-refractivity contribution in [1.29, 1.82) is 0 Å². The second-order valence-corrected chi connectivity index (χ2v) is 7.63. The molecule has 1 aliphatic carbocycles. The van der Waals surface area contributed by atoms with E-state index in [9.17, 15) is 4.79 Å². The maximum Gasteiger partial charge on any atom is 0.261 e. The summed E-state index contributed by atoms with van der Waals surface area (Å²) in [6.45, 7) is 4.36. The third-order valence-electron chi connectivity index (χ3n) is 3.83. The van der Waals surface area contributed by atoms with E-state index in [1.54, 1.807) is 11.3 Å². The minimum atomic E-state index is -0.348. The standard InChI is InChI=1S/C15H22N2OS2/c1-15(2,14(16)19)9-17-13(18)12-8-10-6-4-3-5-7-11(10)20-12/h8H,3-7,9H2,1-2H3,(H2,16,19)(H,17,18). The third kappa shape index (κ3) is 3.58. The van der Waals surface area contributed by atoms with Gasteiger partial charge in [0, 0.05) is 16.8 Å². The maximum atomic E-state index is 12.2. The predicted molar refractivity (Wildman–Crippen MR) is 88.5 cm³/mol. The number of carbonyl (C=O) groups is 1. The van der Waals surface area contributed by atoms with Gasteiger partial charge in [-0.3, -0.25) is 4.79 Å². The van der Waals surface area contributed by atoms with E-state index in [0.29, 0.717) is 11.5 Å². The summed E-state index contributed by atoms with van der Waals surface area (Å²) in [4.78, 5) is 14.9. The van der Waals surface area contributed by atoms with Gasteiger partial charge in [0.1, 0.15) is 0 Å². The molecular weight excluding hydrogens is 288 g/mol. The molecule has 0 saturated carbocycles. The fraction of sp³-hybridized carbons (Fsp3) is 0.600. The Hall–Kier alpha value is -0.940. The minimum Gasteiger partial charge on any atom is -0.393 e. The van der Waals surface area contributed by atoms with Gasteiger partial charge in [-0.05, 0) is 37.3 Å². The van der Waals surface area contributed by atoms with Crippen molar-refractivity contribution in [3.63, 3.8) is 0 Å². The summed E-state index contributed by atoms with van der Waals surface area (Å²) in [6, 6.07) is 2.06. The van der Waals surface area contributed by atoms with Gasteiger partial charge < -0.3 is 11.1 Å². The van der Waals surface area contributed by atoms with Crippen LogP contribution in [0.15, 0.2) is 6.07 Å². The lowest BCUT2D eigenvalue weighted by atomic mass is 9.93. The smallest absolute Gasteiger partial charge is 0.261 e. The molecule has 0 atom stereocenters. The zero-order valence-electron chi connectivity index (χ0n) is 12.1. The van der Waals surface area contributed by atoms with Gasteiger partial charge in [-0.25, -0.2) is 0 Å². The molecule has 0 spiro atoms. The molecule has 0 fully saturated rings. The summed E-state index contributed by atoms with van der Waals surface area (Å²) in [5.41, 5.74) is 6.69. The first-order valence-corrected chi connectivity index (χ1v) is 8.32. The molecule has 1 aromatic heterocycles. The van der Waals surface area contributed by atoms with Gasteiger partial charge in [0.05, 0.1) is 9.87 Å². The van der Waals surface area contributed by atoms with E-state index in [4.69, 9.17) is 18.0 Å². The Labute approximate surface area is 129 Å². The molecule has 1 amide bonds. The predicted octanol–water partition coefficient (Wildman–Crippen LogP) is 3.06. The number of rotatable bonds is 4. The first-order chi connectivity index (χ1) is 9.40. The average molecular weight is 310 g/mol. The number of carbonyl (C=O) groups excluding carboxylic acids is 1. The van der Waals surface area contributed by atoms with E-state index < -0.39 is 0 Å². The van der Waals surface area contributed by atoms with Gasteiger partial charge >= 0.3 is 0 Å². The van der Waals surface area contributed by atoms with Crippen LogP contribution in [0.1, 0.15) is 53.2 Å². The Bertz CT molecular complexity index is 496. The molecule has 1 aliphatic rings. The number of thiocarbonyl (C=S) groups is 1. The number of nitrogens with one attached hydrogen (secondary N) is 1. The van der Waals surface area contributed by atoms with Crippen LogP contribution < -0.4 is 11.1 Å². The van der Waals surface area contributed by atoms with Crippen molar-refractivity contribution in [2.75, 3.05) is 6.54 Å². The van der Waals surface area contributed by atoms with Crippen molar-refractivity contribution in [3.05, 3.63) is 21.4 Å². The number of aryl methyl sites for hydroxylation is 2. The van der Waals surface area contributed by atoms with E-state index >= 15 is 0 Å². The molecule has 0 aromatic carbocycles. The van der Waals surface area contributed by atoms with Crippen molar-refractivity contribution in [2.45, 2.75) is 46.0 Å². The summed E-state index contributed by atoms with van der Waals surface area (Å²) >= 11 is 6.65. The Balaban J connectivity index is 2.01. The zero-order chi connectivity index (χ0) is 14.8. The van der Waals surface area contributed by atoms with E-state index in [1.807, 2.05) is 13.8 Å². The van der Waals surface area contributed by atoms with Crippen LogP contribution in [-0.2, 0) is 12.8 Å². The molecule has 0 radical (unpaired) electrons. The largest absolute Gasteiger partial charge is 0.393 e. The molecule has 0 aliphatic heterocycles.